The Hall–Kier alpha value is -3.94. The maximum absolute atomic E-state index is 13.6. The van der Waals surface area contributed by atoms with Crippen LogP contribution in [-0.2, 0) is 57.2 Å². The van der Waals surface area contributed by atoms with Crippen LogP contribution in [0.5, 0.6) is 0 Å². The van der Waals surface area contributed by atoms with E-state index in [1.54, 1.807) is 19.9 Å². The molecule has 4 aliphatic carbocycles. The molecule has 0 radical (unpaired) electrons. The molecule has 2 bridgehead atoms. The van der Waals surface area contributed by atoms with Crippen molar-refractivity contribution in [3.05, 3.63) is 24.2 Å². The molecule has 1 aliphatic heterocycles. The highest BCUT2D eigenvalue weighted by atomic mass is 16.6. The van der Waals surface area contributed by atoms with Gasteiger partial charge >= 0.3 is 35.8 Å². The number of fused-ring (bicyclic) bond motifs is 5. The van der Waals surface area contributed by atoms with E-state index in [4.69, 9.17) is 32.8 Å². The molecule has 1 aromatic heterocycles. The van der Waals surface area contributed by atoms with Gasteiger partial charge < -0.3 is 37.9 Å². The summed E-state index contributed by atoms with van der Waals surface area (Å²) in [5.41, 5.74) is -6.69. The zero-order valence-corrected chi connectivity index (χ0v) is 28.9. The Balaban J connectivity index is 1.67. The highest BCUT2D eigenvalue weighted by molar-refractivity contribution is 5.80. The highest BCUT2D eigenvalue weighted by Gasteiger charge is 2.91. The molecular weight excluding hydrogens is 644 g/mol. The molecule has 1 saturated heterocycles. The summed E-state index contributed by atoms with van der Waals surface area (Å²) in [5, 5.41) is 13.6. The van der Waals surface area contributed by atoms with Gasteiger partial charge in [-0.1, -0.05) is 20.8 Å². The molecule has 0 spiro atoms. The van der Waals surface area contributed by atoms with Gasteiger partial charge in [0, 0.05) is 67.3 Å². The minimum absolute atomic E-state index is 0.00405. The topological polar surface area (TPSA) is 191 Å². The van der Waals surface area contributed by atoms with Crippen molar-refractivity contribution in [2.45, 2.75) is 110 Å². The number of furan rings is 1. The van der Waals surface area contributed by atoms with Gasteiger partial charge in [-0.25, -0.2) is 4.79 Å². The van der Waals surface area contributed by atoms with Crippen molar-refractivity contribution >= 4 is 35.8 Å². The van der Waals surface area contributed by atoms with E-state index >= 15 is 0 Å². The van der Waals surface area contributed by atoms with Gasteiger partial charge in [0.25, 0.3) is 0 Å². The Labute approximate surface area is 283 Å². The standard InChI is InChI=1S/C35H44O14/c1-16(36)45-25(30(41)43-8)26-32(6)15-34(49-19(4)39)24(28(32)46-17(2)37)29(47-18(3)38)35(42)21(33(26,34)7)9-11-31(5)22(35)13-23(40)48-27(31)20-10-12-44-14-20/h10,12,14,21-22,24-29,42H,9,11,13,15H2,1-8H3/t21-,22-,24-,25-,26+,27+,28-,29-,31-,32-,33-,34-,35-/m1/s1. The van der Waals surface area contributed by atoms with Crippen LogP contribution in [0.15, 0.2) is 23.0 Å². The summed E-state index contributed by atoms with van der Waals surface area (Å²) in [6.45, 7) is 10.2. The van der Waals surface area contributed by atoms with E-state index < -0.39 is 111 Å². The molecule has 5 aliphatic rings. The van der Waals surface area contributed by atoms with Crippen LogP contribution in [0.3, 0.4) is 0 Å². The summed E-state index contributed by atoms with van der Waals surface area (Å²) in [7, 11) is 1.15. The monoisotopic (exact) mass is 688 g/mol. The van der Waals surface area contributed by atoms with Gasteiger partial charge in [0.2, 0.25) is 6.10 Å². The van der Waals surface area contributed by atoms with Crippen LogP contribution in [-0.4, -0.2) is 77.5 Å². The fourth-order valence-corrected chi connectivity index (χ4v) is 11.7. The van der Waals surface area contributed by atoms with E-state index in [9.17, 15) is 33.9 Å². The minimum Gasteiger partial charge on any atom is -0.472 e. The molecule has 0 unspecified atom stereocenters. The Bertz CT molecular complexity index is 1590. The quantitative estimate of drug-likeness (QED) is 0.325. The van der Waals surface area contributed by atoms with Crippen LogP contribution in [0.25, 0.3) is 0 Å². The summed E-state index contributed by atoms with van der Waals surface area (Å²) < 4.78 is 40.7. The second kappa shape index (κ2) is 11.3. The summed E-state index contributed by atoms with van der Waals surface area (Å²) in [6, 6.07) is 1.68. The number of methoxy groups -OCH3 is 1. The van der Waals surface area contributed by atoms with E-state index in [0.717, 1.165) is 14.0 Å². The normalized spacial score (nSPS) is 43.6. The molecule has 0 amide bonds. The molecule has 1 N–H and O–H groups in total. The third-order valence-electron chi connectivity index (χ3n) is 12.8. The lowest BCUT2D eigenvalue weighted by Gasteiger charge is -2.72. The Morgan fingerprint density at radius 1 is 0.918 bits per heavy atom. The molecule has 49 heavy (non-hydrogen) atoms. The minimum atomic E-state index is -2.05. The number of hydrogen-bond donors (Lipinski definition) is 1. The number of hydrogen-bond acceptors (Lipinski definition) is 14. The smallest absolute Gasteiger partial charge is 0.347 e. The molecule has 13 atom stereocenters. The van der Waals surface area contributed by atoms with Crippen LogP contribution in [0.1, 0.15) is 85.8 Å². The van der Waals surface area contributed by atoms with E-state index in [1.807, 2.05) is 6.92 Å². The summed E-state index contributed by atoms with van der Waals surface area (Å²) >= 11 is 0. The second-order valence-electron chi connectivity index (χ2n) is 15.2. The Morgan fingerprint density at radius 3 is 2.12 bits per heavy atom. The third-order valence-corrected chi connectivity index (χ3v) is 12.8. The van der Waals surface area contributed by atoms with Crippen LogP contribution in [0.2, 0.25) is 0 Å². The van der Waals surface area contributed by atoms with E-state index in [1.165, 1.54) is 33.3 Å². The van der Waals surface area contributed by atoms with Gasteiger partial charge in [0.15, 0.2) is 0 Å². The lowest BCUT2D eigenvalue weighted by Crippen LogP contribution is -2.82. The van der Waals surface area contributed by atoms with Crippen LogP contribution in [0.4, 0.5) is 0 Å². The fraction of sp³-hybridized carbons (Fsp3) is 0.714. The molecule has 14 heteroatoms. The first kappa shape index (κ1) is 34.9. The van der Waals surface area contributed by atoms with Crippen LogP contribution in [0, 0.1) is 39.9 Å². The summed E-state index contributed by atoms with van der Waals surface area (Å²) in [5.74, 6) is -8.52. The highest BCUT2D eigenvalue weighted by Crippen LogP contribution is 2.82. The number of cyclic esters (lactones) is 1. The number of carbonyl (C=O) groups excluding carboxylic acids is 6. The largest absolute Gasteiger partial charge is 0.472 e. The maximum atomic E-state index is 13.6. The molecule has 5 fully saturated rings. The zero-order chi connectivity index (χ0) is 36.1. The van der Waals surface area contributed by atoms with Gasteiger partial charge in [0.05, 0.1) is 32.0 Å². The Morgan fingerprint density at radius 2 is 1.57 bits per heavy atom. The molecule has 6 rings (SSSR count). The first-order chi connectivity index (χ1) is 22.8. The van der Waals surface area contributed by atoms with Crippen molar-refractivity contribution in [3.8, 4) is 0 Å². The van der Waals surface area contributed by atoms with Crippen molar-refractivity contribution < 1.29 is 66.7 Å². The molecule has 0 aromatic carbocycles. The summed E-state index contributed by atoms with van der Waals surface area (Å²) in [4.78, 5) is 78.8. The maximum Gasteiger partial charge on any atom is 0.347 e. The second-order valence-corrected chi connectivity index (χ2v) is 15.2. The van der Waals surface area contributed by atoms with Gasteiger partial charge in [-0.2, -0.15) is 0 Å². The van der Waals surface area contributed by atoms with Crippen molar-refractivity contribution in [2.75, 3.05) is 7.11 Å². The lowest BCUT2D eigenvalue weighted by atomic mass is 9.36. The van der Waals surface area contributed by atoms with E-state index in [-0.39, 0.29) is 19.3 Å². The van der Waals surface area contributed by atoms with E-state index in [2.05, 4.69) is 0 Å². The summed E-state index contributed by atoms with van der Waals surface area (Å²) in [6.07, 6.45) is -1.83. The molecule has 1 aromatic rings. The predicted molar refractivity (Wildman–Crippen MR) is 162 cm³/mol. The van der Waals surface area contributed by atoms with Crippen molar-refractivity contribution in [2.24, 2.45) is 39.9 Å². The molecular formula is C35H44O14. The van der Waals surface area contributed by atoms with Gasteiger partial charge in [-0.05, 0) is 25.3 Å². The number of carbonyl (C=O) groups is 6. The number of rotatable bonds is 7. The number of ether oxygens (including phenoxy) is 6. The van der Waals surface area contributed by atoms with Gasteiger partial charge in [0.1, 0.15) is 29.5 Å². The van der Waals surface area contributed by atoms with Gasteiger partial charge in [-0.3, -0.25) is 24.0 Å². The van der Waals surface area contributed by atoms with Crippen molar-refractivity contribution in [1.29, 1.82) is 0 Å². The lowest BCUT2D eigenvalue weighted by molar-refractivity contribution is -0.358. The average molecular weight is 689 g/mol. The first-order valence-electron chi connectivity index (χ1n) is 16.6. The third kappa shape index (κ3) is 4.54. The first-order valence-corrected chi connectivity index (χ1v) is 16.6. The molecule has 14 nitrogen and oxygen atoms in total. The zero-order valence-electron chi connectivity index (χ0n) is 28.9. The van der Waals surface area contributed by atoms with E-state index in [0.29, 0.717) is 12.0 Å². The molecule has 2 heterocycles. The number of aliphatic hydroxyl groups is 1. The van der Waals surface area contributed by atoms with Crippen LogP contribution >= 0.6 is 0 Å². The van der Waals surface area contributed by atoms with Gasteiger partial charge in [-0.15, -0.1) is 0 Å². The predicted octanol–water partition coefficient (Wildman–Crippen LogP) is 2.98. The SMILES string of the molecule is COC(=O)[C@H](OC(C)=O)[C@H]1[C@@]2(C)C[C@@]3(OC(C)=O)[C@H]([C@H]2OC(C)=O)[C@@H](OC(C)=O)[C@]2(O)[C@@H]4CC(=O)O[C@@H](c5ccoc5)[C@]4(C)CC[C@@H]2[C@]13C. The fourth-order valence-electron chi connectivity index (χ4n) is 11.7. The molecule has 4 saturated carbocycles. The average Bonchev–Trinajstić information content (AvgIpc) is 3.65. The number of esters is 6. The van der Waals surface area contributed by atoms with Crippen LogP contribution < -0.4 is 0 Å². The molecule has 268 valence electrons. The van der Waals surface area contributed by atoms with Crippen molar-refractivity contribution in [1.82, 2.24) is 0 Å². The Kier molecular flexibility index (Phi) is 8.04. The van der Waals surface area contributed by atoms with Crippen molar-refractivity contribution in [3.63, 3.8) is 0 Å².